The molecule has 2 aliphatic rings. The highest BCUT2D eigenvalue weighted by Gasteiger charge is 2.34. The summed E-state index contributed by atoms with van der Waals surface area (Å²) in [6.45, 7) is 3.14. The highest BCUT2D eigenvalue weighted by atomic mass is 35.5. The fourth-order valence-corrected chi connectivity index (χ4v) is 3.63. The highest BCUT2D eigenvalue weighted by Crippen LogP contribution is 2.33. The molecule has 1 heterocycles. The summed E-state index contributed by atoms with van der Waals surface area (Å²) in [5.41, 5.74) is -0.154. The molecule has 3 nitrogen and oxygen atoms in total. The second-order valence-electron chi connectivity index (χ2n) is 6.67. The number of hydrogen-bond acceptors (Lipinski definition) is 2. The first-order chi connectivity index (χ1) is 9.63. The Hall–Kier alpha value is -0.280. The van der Waals surface area contributed by atoms with Gasteiger partial charge in [-0.25, -0.2) is 0 Å². The second kappa shape index (κ2) is 7.65. The van der Waals surface area contributed by atoms with Crippen LogP contribution in [-0.4, -0.2) is 30.0 Å². The molecule has 2 rings (SSSR count). The zero-order valence-electron chi connectivity index (χ0n) is 12.6. The monoisotopic (exact) mass is 301 g/mol. The second-order valence-corrected chi connectivity index (χ2v) is 6.94. The van der Waals surface area contributed by atoms with Crippen LogP contribution in [0, 0.1) is 5.92 Å². The molecular formula is C16H28ClNO2. The van der Waals surface area contributed by atoms with E-state index in [4.69, 9.17) is 16.3 Å². The Kier molecular flexibility index (Phi) is 6.16. The fourth-order valence-electron chi connectivity index (χ4n) is 3.29. The van der Waals surface area contributed by atoms with Gasteiger partial charge in [-0.2, -0.15) is 0 Å². The van der Waals surface area contributed by atoms with E-state index in [1.54, 1.807) is 0 Å². The molecule has 0 spiro atoms. The number of nitrogens with one attached hydrogen (secondary N) is 1. The summed E-state index contributed by atoms with van der Waals surface area (Å²) < 4.78 is 5.68. The van der Waals surface area contributed by atoms with Crippen molar-refractivity contribution >= 4 is 17.5 Å². The third-order valence-electron chi connectivity index (χ3n) is 4.86. The van der Waals surface area contributed by atoms with Crippen molar-refractivity contribution in [1.82, 2.24) is 5.32 Å². The number of rotatable bonds is 5. The van der Waals surface area contributed by atoms with Gasteiger partial charge in [0.25, 0.3) is 0 Å². The van der Waals surface area contributed by atoms with E-state index in [2.05, 4.69) is 12.2 Å². The van der Waals surface area contributed by atoms with Crippen LogP contribution in [0.4, 0.5) is 0 Å². The highest BCUT2D eigenvalue weighted by molar-refractivity contribution is 6.18. The van der Waals surface area contributed by atoms with E-state index in [1.165, 1.54) is 19.3 Å². The van der Waals surface area contributed by atoms with Crippen molar-refractivity contribution in [3.05, 3.63) is 0 Å². The lowest BCUT2D eigenvalue weighted by molar-refractivity contribution is -0.124. The van der Waals surface area contributed by atoms with Gasteiger partial charge in [-0.1, -0.05) is 6.92 Å². The van der Waals surface area contributed by atoms with Crippen LogP contribution in [0.15, 0.2) is 0 Å². The number of halogens is 1. The molecule has 1 saturated carbocycles. The Labute approximate surface area is 127 Å². The lowest BCUT2D eigenvalue weighted by Crippen LogP contribution is -2.52. The summed E-state index contributed by atoms with van der Waals surface area (Å²) in [6.07, 6.45) is 9.56. The van der Waals surface area contributed by atoms with E-state index < -0.39 is 0 Å². The molecular weight excluding hydrogens is 274 g/mol. The topological polar surface area (TPSA) is 38.3 Å². The van der Waals surface area contributed by atoms with Crippen molar-refractivity contribution in [1.29, 1.82) is 0 Å². The van der Waals surface area contributed by atoms with E-state index in [0.717, 1.165) is 44.6 Å². The lowest BCUT2D eigenvalue weighted by atomic mass is 9.78. The Balaban J connectivity index is 1.74. The first-order valence-electron chi connectivity index (χ1n) is 8.12. The zero-order chi connectivity index (χ0) is 14.4. The van der Waals surface area contributed by atoms with Crippen LogP contribution in [0.5, 0.6) is 0 Å². The van der Waals surface area contributed by atoms with Crippen LogP contribution in [0.2, 0.25) is 0 Å². The number of carbonyl (C=O) groups is 1. The smallest absolute Gasteiger partial charge is 0.220 e. The van der Waals surface area contributed by atoms with Gasteiger partial charge in [-0.3, -0.25) is 4.79 Å². The van der Waals surface area contributed by atoms with Gasteiger partial charge in [-0.15, -0.1) is 11.6 Å². The molecule has 1 unspecified atom stereocenters. The van der Waals surface area contributed by atoms with Crippen molar-refractivity contribution in [3.8, 4) is 0 Å². The Morgan fingerprint density at radius 3 is 2.65 bits per heavy atom. The Bertz CT molecular complexity index is 308. The van der Waals surface area contributed by atoms with Crippen molar-refractivity contribution in [3.63, 3.8) is 0 Å². The predicted molar refractivity (Wildman–Crippen MR) is 82.1 cm³/mol. The molecule has 2 fully saturated rings. The molecule has 1 aliphatic carbocycles. The quantitative estimate of drug-likeness (QED) is 0.787. The zero-order valence-corrected chi connectivity index (χ0v) is 13.4. The van der Waals surface area contributed by atoms with Crippen LogP contribution in [0.25, 0.3) is 0 Å². The number of carbonyl (C=O) groups excluding carboxylic acids is 1. The molecule has 1 saturated heterocycles. The normalized spacial score (nSPS) is 34.7. The molecule has 4 heteroatoms. The molecule has 1 atom stereocenters. The number of hydrogen-bond donors (Lipinski definition) is 1. The molecule has 1 aliphatic heterocycles. The summed E-state index contributed by atoms with van der Waals surface area (Å²) in [5, 5.41) is 3.22. The van der Waals surface area contributed by atoms with Crippen LogP contribution >= 0.6 is 11.6 Å². The van der Waals surface area contributed by atoms with Gasteiger partial charge in [-0.05, 0) is 57.3 Å². The van der Waals surface area contributed by atoms with Crippen LogP contribution in [0.3, 0.4) is 0 Å². The van der Waals surface area contributed by atoms with E-state index in [0.29, 0.717) is 12.3 Å². The van der Waals surface area contributed by atoms with E-state index in [9.17, 15) is 4.79 Å². The first-order valence-corrected chi connectivity index (χ1v) is 8.65. The average molecular weight is 302 g/mol. The van der Waals surface area contributed by atoms with Gasteiger partial charge in [0.2, 0.25) is 5.91 Å². The van der Waals surface area contributed by atoms with Gasteiger partial charge >= 0.3 is 0 Å². The van der Waals surface area contributed by atoms with Gasteiger partial charge in [0.1, 0.15) is 0 Å². The standard InChI is InChI=1S/C16H28ClNO2/c1-13-7-9-16(12-17,10-8-13)18-15(19)6-5-14-4-2-3-11-20-14/h13-14H,2-12H2,1H3,(H,18,19). The van der Waals surface area contributed by atoms with Gasteiger partial charge in [0.15, 0.2) is 0 Å². The Morgan fingerprint density at radius 2 is 2.05 bits per heavy atom. The van der Waals surface area contributed by atoms with Gasteiger partial charge in [0.05, 0.1) is 11.6 Å². The number of ether oxygens (including phenoxy) is 1. The summed E-state index contributed by atoms with van der Waals surface area (Å²) >= 11 is 6.14. The molecule has 0 bridgehead atoms. The summed E-state index contributed by atoms with van der Waals surface area (Å²) in [5.74, 6) is 1.44. The SMILES string of the molecule is CC1CCC(CCl)(NC(=O)CCC2CCCCO2)CC1. The summed E-state index contributed by atoms with van der Waals surface area (Å²) in [4.78, 5) is 12.2. The van der Waals surface area contributed by atoms with Gasteiger partial charge in [0, 0.05) is 18.9 Å². The maximum atomic E-state index is 12.2. The largest absolute Gasteiger partial charge is 0.378 e. The summed E-state index contributed by atoms with van der Waals surface area (Å²) in [6, 6.07) is 0. The lowest BCUT2D eigenvalue weighted by Gasteiger charge is -2.39. The maximum absolute atomic E-state index is 12.2. The third-order valence-corrected chi connectivity index (χ3v) is 5.37. The molecule has 0 aromatic carbocycles. The van der Waals surface area contributed by atoms with E-state index >= 15 is 0 Å². The summed E-state index contributed by atoms with van der Waals surface area (Å²) in [7, 11) is 0. The molecule has 116 valence electrons. The Morgan fingerprint density at radius 1 is 1.30 bits per heavy atom. The van der Waals surface area contributed by atoms with Crippen molar-refractivity contribution in [2.45, 2.75) is 76.4 Å². The maximum Gasteiger partial charge on any atom is 0.220 e. The number of alkyl halides is 1. The molecule has 0 aromatic rings. The minimum atomic E-state index is -0.154. The minimum Gasteiger partial charge on any atom is -0.378 e. The molecule has 20 heavy (non-hydrogen) atoms. The molecule has 0 aromatic heterocycles. The molecule has 1 amide bonds. The van der Waals surface area contributed by atoms with Crippen LogP contribution < -0.4 is 5.32 Å². The number of amides is 1. The van der Waals surface area contributed by atoms with Gasteiger partial charge < -0.3 is 10.1 Å². The van der Waals surface area contributed by atoms with Crippen molar-refractivity contribution in [2.24, 2.45) is 5.92 Å². The van der Waals surface area contributed by atoms with E-state index in [1.807, 2.05) is 0 Å². The van der Waals surface area contributed by atoms with Crippen LogP contribution in [-0.2, 0) is 9.53 Å². The molecule has 0 radical (unpaired) electrons. The van der Waals surface area contributed by atoms with Crippen LogP contribution in [0.1, 0.15) is 64.7 Å². The van der Waals surface area contributed by atoms with Crippen molar-refractivity contribution in [2.75, 3.05) is 12.5 Å². The minimum absolute atomic E-state index is 0.148. The first kappa shape index (κ1) is 16.1. The van der Waals surface area contributed by atoms with Crippen molar-refractivity contribution < 1.29 is 9.53 Å². The predicted octanol–water partition coefficient (Wildman–Crippen LogP) is 3.64. The van der Waals surface area contributed by atoms with E-state index in [-0.39, 0.29) is 17.6 Å². The average Bonchev–Trinajstić information content (AvgIpc) is 2.49. The molecule has 1 N–H and O–H groups in total. The third kappa shape index (κ3) is 4.63. The fraction of sp³-hybridized carbons (Fsp3) is 0.938.